The Hall–Kier alpha value is -3.15. The van der Waals surface area contributed by atoms with E-state index in [9.17, 15) is 4.79 Å². The van der Waals surface area contributed by atoms with Crippen molar-refractivity contribution < 1.29 is 14.3 Å². The molecule has 0 unspecified atom stereocenters. The van der Waals surface area contributed by atoms with Crippen LogP contribution in [0.15, 0.2) is 42.5 Å². The Kier molecular flexibility index (Phi) is 5.60. The van der Waals surface area contributed by atoms with Gasteiger partial charge in [0.15, 0.2) is 5.69 Å². The number of rotatable bonds is 6. The van der Waals surface area contributed by atoms with Gasteiger partial charge in [0.05, 0.1) is 20.3 Å². The number of aryl methyl sites for hydroxylation is 2. The third-order valence-electron chi connectivity index (χ3n) is 5.32. The quantitative estimate of drug-likeness (QED) is 0.593. The molecule has 1 aliphatic rings. The van der Waals surface area contributed by atoms with Crippen LogP contribution in [-0.4, -0.2) is 34.7 Å². The molecule has 0 fully saturated rings. The van der Waals surface area contributed by atoms with Crippen molar-refractivity contribution in [1.82, 2.24) is 15.0 Å². The second kappa shape index (κ2) is 8.47. The number of nitrogens with zero attached hydrogens (tertiary/aromatic N) is 3. The number of hydrogen-bond acceptors (Lipinski definition) is 5. The molecule has 0 radical (unpaired) electrons. The normalized spacial score (nSPS) is 13.0. The third-order valence-corrected chi connectivity index (χ3v) is 5.32. The van der Waals surface area contributed by atoms with Gasteiger partial charge >= 0.3 is 5.97 Å². The minimum atomic E-state index is -0.443. The maximum atomic E-state index is 12.5. The lowest BCUT2D eigenvalue weighted by Crippen LogP contribution is -2.10. The standard InChI is InChI=1S/C23H25N3O3/c1-3-29-23(27)21-22(19-11-10-17-6-4-5-7-18(17)14-19)26(25-24-21)15-16-8-12-20(28-2)13-9-16/h8-14H,3-7,15H2,1-2H3. The summed E-state index contributed by atoms with van der Waals surface area (Å²) < 4.78 is 12.2. The summed E-state index contributed by atoms with van der Waals surface area (Å²) in [6.45, 7) is 2.59. The molecule has 1 heterocycles. The zero-order valence-electron chi connectivity index (χ0n) is 16.9. The lowest BCUT2D eigenvalue weighted by Gasteiger charge is -2.17. The molecule has 2 aromatic carbocycles. The molecule has 0 amide bonds. The Morgan fingerprint density at radius 1 is 1.07 bits per heavy atom. The van der Waals surface area contributed by atoms with Crippen LogP contribution in [0, 0.1) is 0 Å². The minimum absolute atomic E-state index is 0.260. The van der Waals surface area contributed by atoms with Crippen LogP contribution in [0.3, 0.4) is 0 Å². The summed E-state index contributed by atoms with van der Waals surface area (Å²) in [4.78, 5) is 12.5. The highest BCUT2D eigenvalue weighted by Crippen LogP contribution is 2.29. The number of aromatic nitrogens is 3. The molecule has 0 saturated heterocycles. The molecule has 3 aromatic rings. The van der Waals surface area contributed by atoms with Crippen molar-refractivity contribution in [2.45, 2.75) is 39.2 Å². The maximum absolute atomic E-state index is 12.5. The first-order valence-electron chi connectivity index (χ1n) is 10.0. The molecular formula is C23H25N3O3. The highest BCUT2D eigenvalue weighted by molar-refractivity contribution is 5.94. The van der Waals surface area contributed by atoms with Crippen LogP contribution in [-0.2, 0) is 24.1 Å². The van der Waals surface area contributed by atoms with E-state index in [-0.39, 0.29) is 5.69 Å². The molecule has 1 aromatic heterocycles. The van der Waals surface area contributed by atoms with Gasteiger partial charge < -0.3 is 9.47 Å². The van der Waals surface area contributed by atoms with Gasteiger partial charge in [-0.3, -0.25) is 0 Å². The van der Waals surface area contributed by atoms with Crippen LogP contribution in [0.25, 0.3) is 11.3 Å². The molecule has 4 rings (SSSR count). The van der Waals surface area contributed by atoms with Crippen molar-refractivity contribution in [2.24, 2.45) is 0 Å². The van der Waals surface area contributed by atoms with E-state index in [1.165, 1.54) is 24.0 Å². The summed E-state index contributed by atoms with van der Waals surface area (Å²) in [5.74, 6) is 0.357. The molecule has 0 saturated carbocycles. The Morgan fingerprint density at radius 3 is 2.55 bits per heavy atom. The smallest absolute Gasteiger partial charge is 0.361 e. The number of ether oxygens (including phenoxy) is 2. The average molecular weight is 391 g/mol. The van der Waals surface area contributed by atoms with Crippen molar-refractivity contribution in [3.8, 4) is 17.0 Å². The topological polar surface area (TPSA) is 66.2 Å². The molecular weight excluding hydrogens is 366 g/mol. The van der Waals surface area contributed by atoms with E-state index in [4.69, 9.17) is 9.47 Å². The predicted octanol–water partition coefficient (Wildman–Crippen LogP) is 4.06. The second-order valence-corrected chi connectivity index (χ2v) is 7.20. The van der Waals surface area contributed by atoms with E-state index in [1.54, 1.807) is 18.7 Å². The molecule has 150 valence electrons. The van der Waals surface area contributed by atoms with Crippen molar-refractivity contribution in [3.05, 3.63) is 64.8 Å². The number of benzene rings is 2. The minimum Gasteiger partial charge on any atom is -0.497 e. The highest BCUT2D eigenvalue weighted by atomic mass is 16.5. The van der Waals surface area contributed by atoms with Crippen LogP contribution in [0.1, 0.15) is 46.9 Å². The van der Waals surface area contributed by atoms with E-state index < -0.39 is 5.97 Å². The Labute approximate surface area is 170 Å². The number of carbonyl (C=O) groups is 1. The Bertz CT molecular complexity index is 1010. The van der Waals surface area contributed by atoms with E-state index in [0.717, 1.165) is 29.7 Å². The number of fused-ring (bicyclic) bond motifs is 1. The van der Waals surface area contributed by atoms with E-state index >= 15 is 0 Å². The van der Waals surface area contributed by atoms with Gasteiger partial charge in [0.25, 0.3) is 0 Å². The molecule has 0 aliphatic heterocycles. The number of hydrogen-bond donors (Lipinski definition) is 0. The van der Waals surface area contributed by atoms with Crippen LogP contribution < -0.4 is 4.74 Å². The van der Waals surface area contributed by atoms with Gasteiger partial charge in [-0.2, -0.15) is 0 Å². The van der Waals surface area contributed by atoms with Gasteiger partial charge in [0.2, 0.25) is 0 Å². The fourth-order valence-electron chi connectivity index (χ4n) is 3.83. The maximum Gasteiger partial charge on any atom is 0.361 e. The van der Waals surface area contributed by atoms with E-state index in [1.807, 2.05) is 24.3 Å². The van der Waals surface area contributed by atoms with Crippen LogP contribution in [0.4, 0.5) is 0 Å². The average Bonchev–Trinajstić information content (AvgIpc) is 3.17. The SMILES string of the molecule is CCOC(=O)c1nnn(Cc2ccc(OC)cc2)c1-c1ccc2c(c1)CCCC2. The number of methoxy groups -OCH3 is 1. The summed E-state index contributed by atoms with van der Waals surface area (Å²) in [5.41, 5.74) is 5.70. The summed E-state index contributed by atoms with van der Waals surface area (Å²) >= 11 is 0. The zero-order chi connectivity index (χ0) is 20.2. The largest absolute Gasteiger partial charge is 0.497 e. The van der Waals surface area contributed by atoms with Crippen molar-refractivity contribution in [1.29, 1.82) is 0 Å². The Balaban J connectivity index is 1.74. The fourth-order valence-corrected chi connectivity index (χ4v) is 3.83. The van der Waals surface area contributed by atoms with Crippen molar-refractivity contribution in [2.75, 3.05) is 13.7 Å². The lowest BCUT2D eigenvalue weighted by atomic mass is 9.89. The molecule has 0 atom stereocenters. The van der Waals surface area contributed by atoms with Crippen molar-refractivity contribution in [3.63, 3.8) is 0 Å². The van der Waals surface area contributed by atoms with Gasteiger partial charge in [-0.1, -0.05) is 29.5 Å². The summed E-state index contributed by atoms with van der Waals surface area (Å²) in [6.07, 6.45) is 4.61. The molecule has 6 heteroatoms. The lowest BCUT2D eigenvalue weighted by molar-refractivity contribution is 0.0520. The molecule has 1 aliphatic carbocycles. The first-order valence-corrected chi connectivity index (χ1v) is 10.0. The van der Waals surface area contributed by atoms with Crippen LogP contribution >= 0.6 is 0 Å². The second-order valence-electron chi connectivity index (χ2n) is 7.20. The van der Waals surface area contributed by atoms with E-state index in [2.05, 4.69) is 28.5 Å². The fraction of sp³-hybridized carbons (Fsp3) is 0.348. The monoisotopic (exact) mass is 391 g/mol. The van der Waals surface area contributed by atoms with Gasteiger partial charge in [0.1, 0.15) is 11.4 Å². The van der Waals surface area contributed by atoms with Gasteiger partial charge in [-0.05, 0) is 67.5 Å². The van der Waals surface area contributed by atoms with E-state index in [0.29, 0.717) is 18.8 Å². The van der Waals surface area contributed by atoms with Crippen molar-refractivity contribution >= 4 is 5.97 Å². The Morgan fingerprint density at radius 2 is 1.83 bits per heavy atom. The third kappa shape index (κ3) is 4.01. The van der Waals surface area contributed by atoms with Crippen LogP contribution in [0.2, 0.25) is 0 Å². The number of carbonyl (C=O) groups excluding carboxylic acids is 1. The molecule has 0 N–H and O–H groups in total. The predicted molar refractivity (Wildman–Crippen MR) is 110 cm³/mol. The van der Waals surface area contributed by atoms with Gasteiger partial charge in [-0.15, -0.1) is 5.10 Å². The number of esters is 1. The van der Waals surface area contributed by atoms with Gasteiger partial charge in [0, 0.05) is 5.56 Å². The molecule has 0 bridgehead atoms. The molecule has 29 heavy (non-hydrogen) atoms. The van der Waals surface area contributed by atoms with Gasteiger partial charge in [-0.25, -0.2) is 9.48 Å². The first kappa shape index (κ1) is 19.2. The summed E-state index contributed by atoms with van der Waals surface area (Å²) in [7, 11) is 1.65. The first-order chi connectivity index (χ1) is 14.2. The molecule has 0 spiro atoms. The molecule has 6 nitrogen and oxygen atoms in total. The highest BCUT2D eigenvalue weighted by Gasteiger charge is 2.23. The zero-order valence-corrected chi connectivity index (χ0v) is 16.9. The summed E-state index contributed by atoms with van der Waals surface area (Å²) in [5, 5.41) is 8.45. The summed E-state index contributed by atoms with van der Waals surface area (Å²) in [6, 6.07) is 14.2. The van der Waals surface area contributed by atoms with Crippen LogP contribution in [0.5, 0.6) is 5.75 Å².